The van der Waals surface area contributed by atoms with Crippen LogP contribution in [0.5, 0.6) is 0 Å². The van der Waals surface area contributed by atoms with Gasteiger partial charge in [-0.1, -0.05) is 112 Å². The SMILES string of the molecule is COC(=O)C1(OC)CCC(c2nc3c(-c4ccc(-c5ccccc5)nc4)cnn3c(N(COCC[Si](C)(C)C)COCC[Si](C)(C)C)c2Br)CC1.COC(=O)C1(OC)CCC(c2nc3c(-c4ccc(-c5ccccc5)nc4)cnn3c(N)c2Br)CC1. The molecule has 0 aliphatic heterocycles. The molecule has 6 aromatic heterocycles. The first-order chi connectivity index (χ1) is 41.2. The number of carbonyl (C=O) groups is 2. The molecule has 2 N–H and O–H groups in total. The Hall–Kier alpha value is -6.25. The molecule has 8 aromatic rings. The Morgan fingerprint density at radius 1 is 0.570 bits per heavy atom. The van der Waals surface area contributed by atoms with Gasteiger partial charge in [0.2, 0.25) is 0 Å². The Labute approximate surface area is 523 Å². The molecular formula is C64H80Br2N10O8Si2. The molecule has 2 aliphatic rings. The standard InChI is InChI=1S/C38H54BrN5O5Si2.C26H26BrN5O3/c1-46-37(45)38(47-2)18-16-29(17-19-38)34-33(39)36(43(26-48-20-22-50(3,4)5)27-49-21-23-51(6,7)8)44-35(42-34)31(25-41-44)30-14-15-32(40-24-30)28-12-10-9-11-13-28;1-34-25(33)26(35-2)12-10-17(11-13-26)22-21(27)23(28)32-24(31-22)19(15-30-32)18-8-9-20(29-14-18)16-6-4-3-5-7-16/h9-15,24-25,29H,16-23,26-27H2,1-8H3;3-9,14-15,17H,10-13,28H2,1-2H3. The van der Waals surface area contributed by atoms with E-state index in [4.69, 9.17) is 54.2 Å². The molecule has 0 bridgehead atoms. The van der Waals surface area contributed by atoms with Gasteiger partial charge in [0.1, 0.15) is 19.3 Å². The molecule has 0 spiro atoms. The lowest BCUT2D eigenvalue weighted by Gasteiger charge is -2.37. The molecule has 0 radical (unpaired) electrons. The van der Waals surface area contributed by atoms with Crippen LogP contribution < -0.4 is 10.6 Å². The van der Waals surface area contributed by atoms with E-state index >= 15 is 0 Å². The Balaban J connectivity index is 0.000000220. The monoisotopic (exact) mass is 1330 g/mol. The number of aromatic nitrogens is 8. The first-order valence-electron chi connectivity index (χ1n) is 29.3. The number of pyridine rings is 2. The first kappa shape index (κ1) is 64.2. The van der Waals surface area contributed by atoms with E-state index < -0.39 is 27.3 Å². The van der Waals surface area contributed by atoms with Crippen LogP contribution in [-0.2, 0) is 38.0 Å². The Kier molecular flexibility index (Phi) is 20.8. The van der Waals surface area contributed by atoms with Gasteiger partial charge in [0.15, 0.2) is 28.3 Å². The number of anilines is 2. The van der Waals surface area contributed by atoms with Gasteiger partial charge >= 0.3 is 11.9 Å². The lowest BCUT2D eigenvalue weighted by Crippen LogP contribution is -2.44. The molecule has 22 heteroatoms. The minimum absolute atomic E-state index is 0.0693. The molecule has 456 valence electrons. The van der Waals surface area contributed by atoms with Gasteiger partial charge in [-0.3, -0.25) is 9.97 Å². The van der Waals surface area contributed by atoms with Crippen LogP contribution in [0.3, 0.4) is 0 Å². The topological polar surface area (TPSA) is 205 Å². The Morgan fingerprint density at radius 2 is 0.977 bits per heavy atom. The number of nitrogens with two attached hydrogens (primary N) is 1. The number of nitrogen functional groups attached to an aromatic ring is 1. The number of carbonyl (C=O) groups excluding carboxylic acids is 2. The van der Waals surface area contributed by atoms with Crippen LogP contribution in [0.15, 0.2) is 119 Å². The molecule has 0 unspecified atom stereocenters. The average Bonchev–Trinajstić information content (AvgIpc) is 2.84. The molecular weight excluding hydrogens is 1250 g/mol. The predicted octanol–water partition coefficient (Wildman–Crippen LogP) is 13.9. The zero-order valence-electron chi connectivity index (χ0n) is 51.1. The lowest BCUT2D eigenvalue weighted by atomic mass is 9.77. The summed E-state index contributed by atoms with van der Waals surface area (Å²) < 4.78 is 39.4. The maximum Gasteiger partial charge on any atom is 0.338 e. The van der Waals surface area contributed by atoms with Gasteiger partial charge < -0.3 is 39.1 Å². The van der Waals surface area contributed by atoms with Crippen LogP contribution in [0, 0.1) is 0 Å². The van der Waals surface area contributed by atoms with Gasteiger partial charge in [-0.2, -0.15) is 19.2 Å². The number of esters is 2. The van der Waals surface area contributed by atoms with Crippen LogP contribution in [0.1, 0.15) is 74.6 Å². The normalized spacial score (nSPS) is 19.0. The van der Waals surface area contributed by atoms with E-state index in [1.54, 1.807) is 24.9 Å². The van der Waals surface area contributed by atoms with Crippen LogP contribution in [0.4, 0.5) is 11.6 Å². The average molecular weight is 1330 g/mol. The van der Waals surface area contributed by atoms with E-state index in [-0.39, 0.29) is 23.8 Å². The second kappa shape index (κ2) is 27.8. The van der Waals surface area contributed by atoms with Gasteiger partial charge in [0.05, 0.1) is 58.3 Å². The van der Waals surface area contributed by atoms with E-state index in [1.807, 2.05) is 89.8 Å². The fourth-order valence-electron chi connectivity index (χ4n) is 11.2. The molecule has 2 fully saturated rings. The van der Waals surface area contributed by atoms with Crippen molar-refractivity contribution in [3.63, 3.8) is 0 Å². The molecule has 6 heterocycles. The summed E-state index contributed by atoms with van der Waals surface area (Å²) >= 11 is 7.65. The number of rotatable bonds is 21. The van der Waals surface area contributed by atoms with Gasteiger partial charge in [-0.25, -0.2) is 19.6 Å². The molecule has 2 aromatic carbocycles. The third kappa shape index (κ3) is 14.5. The fourth-order valence-corrected chi connectivity index (χ4v) is 14.1. The van der Waals surface area contributed by atoms with Gasteiger partial charge in [0, 0.05) is 101 Å². The number of benzene rings is 2. The van der Waals surface area contributed by atoms with Crippen molar-refractivity contribution in [3.05, 3.63) is 130 Å². The first-order valence-corrected chi connectivity index (χ1v) is 38.3. The van der Waals surface area contributed by atoms with E-state index in [0.717, 1.165) is 101 Å². The lowest BCUT2D eigenvalue weighted by molar-refractivity contribution is -0.171. The van der Waals surface area contributed by atoms with Crippen molar-refractivity contribution >= 4 is 82.9 Å². The molecule has 10 rings (SSSR count). The van der Waals surface area contributed by atoms with Crippen LogP contribution in [-0.4, -0.2) is 134 Å². The third-order valence-electron chi connectivity index (χ3n) is 16.6. The molecule has 2 aliphatic carbocycles. The number of ether oxygens (including phenoxy) is 6. The maximum atomic E-state index is 12.8. The minimum Gasteiger partial charge on any atom is -0.467 e. The summed E-state index contributed by atoms with van der Waals surface area (Å²) in [5.41, 5.74) is 15.3. The van der Waals surface area contributed by atoms with Crippen molar-refractivity contribution in [2.24, 2.45) is 0 Å². The van der Waals surface area contributed by atoms with Crippen molar-refractivity contribution in [2.75, 3.05) is 65.7 Å². The molecule has 18 nitrogen and oxygen atoms in total. The minimum atomic E-state index is -1.29. The molecule has 0 saturated heterocycles. The third-order valence-corrected chi connectivity index (χ3v) is 21.6. The maximum absolute atomic E-state index is 12.8. The predicted molar refractivity (Wildman–Crippen MR) is 349 cm³/mol. The van der Waals surface area contributed by atoms with Crippen molar-refractivity contribution in [2.45, 2.75) is 126 Å². The van der Waals surface area contributed by atoms with Crippen molar-refractivity contribution in [1.82, 2.24) is 39.2 Å². The summed E-state index contributed by atoms with van der Waals surface area (Å²) in [6.07, 6.45) is 12.4. The number of nitrogens with zero attached hydrogens (tertiary/aromatic N) is 9. The highest BCUT2D eigenvalue weighted by molar-refractivity contribution is 9.11. The van der Waals surface area contributed by atoms with Crippen molar-refractivity contribution < 1.29 is 38.0 Å². The van der Waals surface area contributed by atoms with Crippen LogP contribution in [0.25, 0.3) is 56.1 Å². The van der Waals surface area contributed by atoms with Crippen molar-refractivity contribution in [1.29, 1.82) is 0 Å². The Morgan fingerprint density at radius 3 is 1.36 bits per heavy atom. The van der Waals surface area contributed by atoms with E-state index in [9.17, 15) is 9.59 Å². The summed E-state index contributed by atoms with van der Waals surface area (Å²) in [5, 5.41) is 9.41. The zero-order chi connectivity index (χ0) is 61.4. The highest BCUT2D eigenvalue weighted by Gasteiger charge is 2.46. The molecule has 86 heavy (non-hydrogen) atoms. The molecule has 0 amide bonds. The number of halogens is 2. The van der Waals surface area contributed by atoms with Crippen LogP contribution >= 0.6 is 31.9 Å². The van der Waals surface area contributed by atoms with Gasteiger partial charge in [-0.05, 0) is 107 Å². The fraction of sp³-hybridized carbons (Fsp3) is 0.438. The summed E-state index contributed by atoms with van der Waals surface area (Å²) in [4.78, 5) is 47.0. The summed E-state index contributed by atoms with van der Waals surface area (Å²) in [6.45, 7) is 16.2. The summed E-state index contributed by atoms with van der Waals surface area (Å²) in [7, 11) is 3.39. The van der Waals surface area contributed by atoms with E-state index in [2.05, 4.69) is 104 Å². The Bertz CT molecular complexity index is 3560. The smallest absolute Gasteiger partial charge is 0.338 e. The van der Waals surface area contributed by atoms with Gasteiger partial charge in [-0.15, -0.1) is 0 Å². The van der Waals surface area contributed by atoms with E-state index in [1.165, 1.54) is 14.2 Å². The number of methoxy groups -OCH3 is 4. The van der Waals surface area contributed by atoms with Crippen LogP contribution in [0.2, 0.25) is 51.4 Å². The van der Waals surface area contributed by atoms with Crippen molar-refractivity contribution in [3.8, 4) is 44.8 Å². The molecule has 2 saturated carbocycles. The quantitative estimate of drug-likeness (QED) is 0.0307. The van der Waals surface area contributed by atoms with E-state index in [0.29, 0.717) is 76.7 Å². The zero-order valence-corrected chi connectivity index (χ0v) is 56.2. The summed E-state index contributed by atoms with van der Waals surface area (Å²) in [6, 6.07) is 30.5. The second-order valence-electron chi connectivity index (χ2n) is 24.7. The van der Waals surface area contributed by atoms with Gasteiger partial charge in [0.25, 0.3) is 0 Å². The second-order valence-corrected chi connectivity index (χ2v) is 37.5. The number of hydrogen-bond donors (Lipinski definition) is 1. The largest absolute Gasteiger partial charge is 0.467 e. The highest BCUT2D eigenvalue weighted by atomic mass is 79.9. The molecule has 0 atom stereocenters. The number of fused-ring (bicyclic) bond motifs is 2. The highest BCUT2D eigenvalue weighted by Crippen LogP contribution is 2.46. The summed E-state index contributed by atoms with van der Waals surface area (Å²) in [5.74, 6) is 0.846. The number of hydrogen-bond acceptors (Lipinski definition) is 16.